The lowest BCUT2D eigenvalue weighted by Gasteiger charge is -2.12. The van der Waals surface area contributed by atoms with Crippen LogP contribution in [0.4, 0.5) is 0 Å². The Morgan fingerprint density at radius 1 is 1.61 bits per heavy atom. The fourth-order valence-electron chi connectivity index (χ4n) is 1.90. The van der Waals surface area contributed by atoms with Crippen molar-refractivity contribution in [3.63, 3.8) is 0 Å². The molecule has 1 aliphatic heterocycles. The lowest BCUT2D eigenvalue weighted by molar-refractivity contribution is 0.102. The van der Waals surface area contributed by atoms with Crippen LogP contribution in [0.25, 0.3) is 0 Å². The van der Waals surface area contributed by atoms with Crippen molar-refractivity contribution < 1.29 is 13.7 Å². The highest BCUT2D eigenvalue weighted by Gasteiger charge is 2.31. The summed E-state index contributed by atoms with van der Waals surface area (Å²) in [7, 11) is -1.23. The van der Waals surface area contributed by atoms with Gasteiger partial charge in [0.2, 0.25) is 0 Å². The van der Waals surface area contributed by atoms with Gasteiger partial charge >= 0.3 is 0 Å². The van der Waals surface area contributed by atoms with Crippen LogP contribution in [0, 0.1) is 0 Å². The first-order valence-corrected chi connectivity index (χ1v) is 8.41. The Labute approximate surface area is 122 Å². The summed E-state index contributed by atoms with van der Waals surface area (Å²) < 4.78 is 18.3. The molecule has 0 N–H and O–H groups in total. The van der Waals surface area contributed by atoms with Gasteiger partial charge in [0.15, 0.2) is 5.78 Å². The van der Waals surface area contributed by atoms with Crippen LogP contribution in [-0.4, -0.2) is 33.7 Å². The number of Topliss-reactive ketones (excluding diaryl/α,β-unsaturated/α-hetero) is 1. The summed E-state index contributed by atoms with van der Waals surface area (Å²) in [6, 6.07) is 1.53. The topological polar surface area (TPSA) is 43.4 Å². The summed E-state index contributed by atoms with van der Waals surface area (Å²) >= 11 is 12.8. The lowest BCUT2D eigenvalue weighted by Crippen LogP contribution is -2.27. The largest absolute Gasteiger partial charge is 0.377 e. The van der Waals surface area contributed by atoms with Crippen LogP contribution in [0.2, 0.25) is 8.67 Å². The lowest BCUT2D eigenvalue weighted by atomic mass is 10.2. The Bertz CT molecular complexity index is 487. The quantitative estimate of drug-likeness (QED) is 0.798. The van der Waals surface area contributed by atoms with E-state index in [0.717, 1.165) is 17.8 Å². The number of halogens is 2. The fourth-order valence-corrected chi connectivity index (χ4v) is 4.89. The molecule has 18 heavy (non-hydrogen) atoms. The minimum absolute atomic E-state index is 0.0227. The Morgan fingerprint density at radius 3 is 2.83 bits per heavy atom. The van der Waals surface area contributed by atoms with Gasteiger partial charge in [-0.05, 0) is 19.4 Å². The van der Waals surface area contributed by atoms with Crippen molar-refractivity contribution in [1.29, 1.82) is 0 Å². The molecule has 0 saturated carbocycles. The Balaban J connectivity index is 2.03. The van der Waals surface area contributed by atoms with Gasteiger partial charge in [0.05, 0.1) is 21.4 Å². The van der Waals surface area contributed by atoms with E-state index in [1.54, 1.807) is 0 Å². The number of ketones is 1. The van der Waals surface area contributed by atoms with Crippen molar-refractivity contribution in [2.75, 3.05) is 12.4 Å². The zero-order chi connectivity index (χ0) is 13.3. The Morgan fingerprint density at radius 2 is 2.33 bits per heavy atom. The van der Waals surface area contributed by atoms with E-state index in [9.17, 15) is 9.00 Å². The number of thiophene rings is 1. The molecule has 1 aromatic heterocycles. The molecule has 3 nitrogen and oxygen atoms in total. The second-order valence-electron chi connectivity index (χ2n) is 4.09. The first-order valence-electron chi connectivity index (χ1n) is 5.46. The maximum Gasteiger partial charge on any atom is 0.177 e. The van der Waals surface area contributed by atoms with Crippen LogP contribution in [0.3, 0.4) is 0 Å². The van der Waals surface area contributed by atoms with Crippen LogP contribution < -0.4 is 0 Å². The van der Waals surface area contributed by atoms with Crippen molar-refractivity contribution in [2.45, 2.75) is 24.7 Å². The van der Waals surface area contributed by atoms with Crippen LogP contribution in [0.15, 0.2) is 6.07 Å². The second-order valence-corrected chi connectivity index (χ2v) is 8.03. The van der Waals surface area contributed by atoms with Crippen molar-refractivity contribution in [2.24, 2.45) is 0 Å². The smallest absolute Gasteiger partial charge is 0.177 e. The first-order chi connectivity index (χ1) is 8.49. The Hall–Kier alpha value is 0.0600. The average molecular weight is 327 g/mol. The van der Waals surface area contributed by atoms with Crippen molar-refractivity contribution in [3.05, 3.63) is 20.3 Å². The molecule has 1 fully saturated rings. The maximum absolute atomic E-state index is 12.1. The molecular formula is C11H12Cl2O3S2. The van der Waals surface area contributed by atoms with Gasteiger partial charge in [0.1, 0.15) is 4.34 Å². The normalized spacial score (nSPS) is 25.3. The van der Waals surface area contributed by atoms with E-state index in [1.807, 2.05) is 6.92 Å². The van der Waals surface area contributed by atoms with E-state index < -0.39 is 10.8 Å². The summed E-state index contributed by atoms with van der Waals surface area (Å²) in [5, 5.41) is -0.0677. The predicted molar refractivity (Wildman–Crippen MR) is 75.5 cm³/mol. The van der Waals surface area contributed by atoms with Gasteiger partial charge < -0.3 is 4.74 Å². The fraction of sp³-hybridized carbons (Fsp3) is 0.545. The summed E-state index contributed by atoms with van der Waals surface area (Å²) in [6.07, 6.45) is 0.680. The van der Waals surface area contributed by atoms with Crippen LogP contribution in [0.5, 0.6) is 0 Å². The van der Waals surface area contributed by atoms with E-state index in [4.69, 9.17) is 27.9 Å². The van der Waals surface area contributed by atoms with Gasteiger partial charge in [-0.2, -0.15) is 0 Å². The second kappa shape index (κ2) is 6.01. The predicted octanol–water partition coefficient (Wildman–Crippen LogP) is 3.16. The highest BCUT2D eigenvalue weighted by atomic mass is 35.5. The molecule has 7 heteroatoms. The molecule has 3 unspecified atom stereocenters. The highest BCUT2D eigenvalue weighted by molar-refractivity contribution is 7.86. The van der Waals surface area contributed by atoms with Crippen LogP contribution in [0.1, 0.15) is 23.7 Å². The standard InChI is InChI=1S/C11H12Cl2O3S2/c1-6-9(2-3-16-6)18(15)5-8(14)7-4-10(12)17-11(7)13/h4,6,9H,2-3,5H2,1H3. The van der Waals surface area contributed by atoms with E-state index >= 15 is 0 Å². The van der Waals surface area contributed by atoms with E-state index in [1.165, 1.54) is 6.07 Å². The van der Waals surface area contributed by atoms with Crippen molar-refractivity contribution in [3.8, 4) is 0 Å². The molecule has 100 valence electrons. The molecule has 0 radical (unpaired) electrons. The number of hydrogen-bond donors (Lipinski definition) is 0. The molecule has 1 saturated heterocycles. The van der Waals surface area contributed by atoms with Gasteiger partial charge in [0.25, 0.3) is 0 Å². The molecule has 1 aliphatic rings. The number of carbonyl (C=O) groups is 1. The molecule has 1 aromatic rings. The highest BCUT2D eigenvalue weighted by Crippen LogP contribution is 2.31. The number of ether oxygens (including phenoxy) is 1. The van der Waals surface area contributed by atoms with E-state index in [-0.39, 0.29) is 22.9 Å². The third-order valence-corrected chi connectivity index (χ3v) is 6.20. The average Bonchev–Trinajstić information content (AvgIpc) is 2.84. The summed E-state index contributed by atoms with van der Waals surface area (Å²) in [6.45, 7) is 2.49. The molecule has 0 bridgehead atoms. The van der Waals surface area contributed by atoms with Gasteiger partial charge in [0, 0.05) is 23.0 Å². The first kappa shape index (κ1) is 14.5. The summed E-state index contributed by atoms with van der Waals surface area (Å²) in [5.41, 5.74) is 0.367. The summed E-state index contributed by atoms with van der Waals surface area (Å²) in [4.78, 5) is 12.0. The number of carbonyl (C=O) groups excluding carboxylic acids is 1. The number of rotatable bonds is 4. The molecule has 2 rings (SSSR count). The molecule has 0 aromatic carbocycles. The van der Waals surface area contributed by atoms with Gasteiger partial charge in [-0.25, -0.2) is 0 Å². The van der Waals surface area contributed by atoms with Crippen molar-refractivity contribution >= 4 is 51.1 Å². The number of hydrogen-bond acceptors (Lipinski definition) is 4. The van der Waals surface area contributed by atoms with Crippen LogP contribution in [-0.2, 0) is 15.5 Å². The molecule has 0 amide bonds. The van der Waals surface area contributed by atoms with Gasteiger partial charge in [-0.3, -0.25) is 9.00 Å². The minimum atomic E-state index is -1.23. The third kappa shape index (κ3) is 3.14. The molecule has 3 atom stereocenters. The molecular weight excluding hydrogens is 315 g/mol. The SMILES string of the molecule is CC1OCCC1S(=O)CC(=O)c1cc(Cl)sc1Cl. The van der Waals surface area contributed by atoms with Crippen molar-refractivity contribution in [1.82, 2.24) is 0 Å². The maximum atomic E-state index is 12.1. The molecule has 2 heterocycles. The summed E-state index contributed by atoms with van der Waals surface area (Å²) in [5.74, 6) is -0.244. The van der Waals surface area contributed by atoms with E-state index in [2.05, 4.69) is 0 Å². The molecule has 0 aliphatic carbocycles. The van der Waals surface area contributed by atoms with Gasteiger partial charge in [-0.1, -0.05) is 23.2 Å². The third-order valence-electron chi connectivity index (χ3n) is 2.87. The van der Waals surface area contributed by atoms with Gasteiger partial charge in [-0.15, -0.1) is 11.3 Å². The minimum Gasteiger partial charge on any atom is -0.377 e. The zero-order valence-electron chi connectivity index (χ0n) is 9.65. The molecule has 0 spiro atoms. The monoisotopic (exact) mass is 326 g/mol. The van der Waals surface area contributed by atoms with E-state index in [0.29, 0.717) is 20.8 Å². The zero-order valence-corrected chi connectivity index (χ0v) is 12.8. The Kier molecular flexibility index (Phi) is 4.83. The van der Waals surface area contributed by atoms with Crippen LogP contribution >= 0.6 is 34.5 Å².